The average molecular weight is 510 g/mol. The number of piperidine rings is 1. The highest BCUT2D eigenvalue weighted by Gasteiger charge is 2.26. The van der Waals surface area contributed by atoms with Gasteiger partial charge in [-0.3, -0.25) is 4.68 Å². The molecule has 1 aliphatic rings. The first kappa shape index (κ1) is 27.5. The molecule has 0 saturated carbocycles. The monoisotopic (exact) mass is 509 g/mol. The molecule has 0 atom stereocenters. The van der Waals surface area contributed by atoms with Crippen molar-refractivity contribution in [1.82, 2.24) is 34.6 Å². The zero-order chi connectivity index (χ0) is 26.5. The van der Waals surface area contributed by atoms with Crippen LogP contribution in [0.25, 0.3) is 11.0 Å². The van der Waals surface area contributed by atoms with Crippen LogP contribution in [0.2, 0.25) is 0 Å². The van der Waals surface area contributed by atoms with Gasteiger partial charge in [0.05, 0.1) is 5.69 Å². The van der Waals surface area contributed by atoms with Crippen molar-refractivity contribution < 1.29 is 18.3 Å². The second kappa shape index (κ2) is 11.8. The van der Waals surface area contributed by atoms with Crippen LogP contribution in [0.5, 0.6) is 0 Å². The van der Waals surface area contributed by atoms with Crippen LogP contribution in [0.3, 0.4) is 0 Å². The third-order valence-electron chi connectivity index (χ3n) is 6.06. The fourth-order valence-corrected chi connectivity index (χ4v) is 4.03. The molecule has 36 heavy (non-hydrogen) atoms. The quantitative estimate of drug-likeness (QED) is 0.517. The number of alkyl halides is 3. The number of nitrogens with one attached hydrogen (secondary N) is 1. The highest BCUT2D eigenvalue weighted by Crippen LogP contribution is 2.30. The molecule has 0 spiro atoms. The fraction of sp³-hybridized carbons (Fsp3) is 0.609. The molecule has 0 unspecified atom stereocenters. The second-order valence-electron chi connectivity index (χ2n) is 8.77. The number of likely N-dealkylation sites (tertiary alicyclic amines) is 1. The van der Waals surface area contributed by atoms with Gasteiger partial charge in [0, 0.05) is 31.4 Å². The van der Waals surface area contributed by atoms with Crippen molar-refractivity contribution in [2.45, 2.75) is 58.8 Å². The Kier molecular flexibility index (Phi) is 9.01. The fourth-order valence-electron chi connectivity index (χ4n) is 4.03. The highest BCUT2D eigenvalue weighted by atomic mass is 19.4. The normalized spacial score (nSPS) is 15.0. The van der Waals surface area contributed by atoms with Gasteiger partial charge in [0.1, 0.15) is 29.8 Å². The van der Waals surface area contributed by atoms with Crippen LogP contribution < -0.4 is 10.2 Å². The Labute approximate surface area is 208 Å². The Hall–Kier alpha value is -3.06. The minimum Gasteiger partial charge on any atom is -0.387 e. The molecule has 10 nitrogen and oxygen atoms in total. The molecule has 1 saturated heterocycles. The lowest BCUT2D eigenvalue weighted by atomic mass is 10.0. The van der Waals surface area contributed by atoms with Gasteiger partial charge in [0.2, 0.25) is 5.95 Å². The van der Waals surface area contributed by atoms with Crippen molar-refractivity contribution in [2.24, 2.45) is 0 Å². The van der Waals surface area contributed by atoms with E-state index in [-0.39, 0.29) is 0 Å². The SMILES string of the molecule is CCc1nn(CC)c2c(Nc3cc(C)ncn3)nc(N(C)C3CCN(C)CC3)nc12.OCC(F)(F)F. The predicted octanol–water partition coefficient (Wildman–Crippen LogP) is 3.32. The van der Waals surface area contributed by atoms with E-state index in [1.54, 1.807) is 6.33 Å². The maximum Gasteiger partial charge on any atom is 0.411 e. The number of hydrogen-bond acceptors (Lipinski definition) is 9. The van der Waals surface area contributed by atoms with E-state index >= 15 is 0 Å². The van der Waals surface area contributed by atoms with E-state index in [2.05, 4.69) is 53.0 Å². The molecule has 0 amide bonds. The number of fused-ring (bicyclic) bond motifs is 1. The molecule has 0 radical (unpaired) electrons. The van der Waals surface area contributed by atoms with Crippen molar-refractivity contribution in [3.63, 3.8) is 0 Å². The van der Waals surface area contributed by atoms with E-state index in [9.17, 15) is 13.2 Å². The summed E-state index contributed by atoms with van der Waals surface area (Å²) in [6.07, 6.45) is 0.203. The number of nitrogens with zero attached hydrogens (tertiary/aromatic N) is 8. The number of anilines is 3. The van der Waals surface area contributed by atoms with E-state index in [0.29, 0.717) is 6.04 Å². The van der Waals surface area contributed by atoms with Crippen molar-refractivity contribution in [3.8, 4) is 0 Å². The molecule has 13 heteroatoms. The van der Waals surface area contributed by atoms with Crippen LogP contribution in [-0.4, -0.2) is 85.7 Å². The van der Waals surface area contributed by atoms with Crippen molar-refractivity contribution in [1.29, 1.82) is 0 Å². The molecule has 4 heterocycles. The van der Waals surface area contributed by atoms with Gasteiger partial charge in [0.15, 0.2) is 5.82 Å². The van der Waals surface area contributed by atoms with Gasteiger partial charge in [-0.2, -0.15) is 23.3 Å². The Morgan fingerprint density at radius 2 is 1.83 bits per heavy atom. The van der Waals surface area contributed by atoms with Gasteiger partial charge in [-0.1, -0.05) is 6.92 Å². The molecular formula is C23H34F3N9O. The number of aromatic nitrogens is 6. The Bertz CT molecular complexity index is 1140. The van der Waals surface area contributed by atoms with E-state index in [1.165, 1.54) is 0 Å². The molecule has 1 aliphatic heterocycles. The molecule has 0 bridgehead atoms. The minimum atomic E-state index is -4.40. The smallest absolute Gasteiger partial charge is 0.387 e. The largest absolute Gasteiger partial charge is 0.411 e. The molecule has 3 aromatic heterocycles. The lowest BCUT2D eigenvalue weighted by molar-refractivity contribution is -0.159. The summed E-state index contributed by atoms with van der Waals surface area (Å²) in [5, 5.41) is 15.5. The summed E-state index contributed by atoms with van der Waals surface area (Å²) in [6.45, 7) is 7.36. The van der Waals surface area contributed by atoms with Crippen LogP contribution in [0.15, 0.2) is 12.4 Å². The predicted molar refractivity (Wildman–Crippen MR) is 132 cm³/mol. The molecule has 3 aromatic rings. The first-order valence-electron chi connectivity index (χ1n) is 12.0. The van der Waals surface area contributed by atoms with Gasteiger partial charge in [-0.15, -0.1) is 0 Å². The van der Waals surface area contributed by atoms with Crippen molar-refractivity contribution in [2.75, 3.05) is 44.0 Å². The topological polar surface area (TPSA) is 108 Å². The number of aliphatic hydroxyl groups excluding tert-OH is 1. The van der Waals surface area contributed by atoms with E-state index < -0.39 is 12.8 Å². The van der Waals surface area contributed by atoms with Crippen LogP contribution in [0.4, 0.5) is 30.8 Å². The summed E-state index contributed by atoms with van der Waals surface area (Å²) in [7, 11) is 4.28. The minimum absolute atomic E-state index is 0.430. The molecule has 0 aromatic carbocycles. The van der Waals surface area contributed by atoms with Gasteiger partial charge < -0.3 is 20.2 Å². The van der Waals surface area contributed by atoms with Crippen LogP contribution >= 0.6 is 0 Å². The van der Waals surface area contributed by atoms with Crippen LogP contribution in [0.1, 0.15) is 38.1 Å². The second-order valence-corrected chi connectivity index (χ2v) is 8.77. The number of hydrogen-bond donors (Lipinski definition) is 2. The third-order valence-corrected chi connectivity index (χ3v) is 6.06. The van der Waals surface area contributed by atoms with Gasteiger partial charge in [0.25, 0.3) is 0 Å². The summed E-state index contributed by atoms with van der Waals surface area (Å²) >= 11 is 0. The summed E-state index contributed by atoms with van der Waals surface area (Å²) in [6, 6.07) is 2.35. The molecule has 2 N–H and O–H groups in total. The number of aliphatic hydroxyl groups is 1. The lowest BCUT2D eigenvalue weighted by Crippen LogP contribution is -2.42. The molecule has 198 valence electrons. The first-order valence-corrected chi connectivity index (χ1v) is 12.0. The van der Waals surface area contributed by atoms with Crippen molar-refractivity contribution in [3.05, 3.63) is 23.8 Å². The van der Waals surface area contributed by atoms with Gasteiger partial charge in [-0.05, 0) is 53.2 Å². The maximum absolute atomic E-state index is 10.5. The molecular weight excluding hydrogens is 475 g/mol. The standard InChI is InChI=1S/C21H31N9.C2H3F3O/c1-6-16-18-19(30(7-2)27-16)20(24-17-12-14(3)22-13-23-17)26-21(25-18)29(5)15-8-10-28(4)11-9-15;3-2(4,5)1-6/h12-13,15H,6-11H2,1-5H3,(H,22,23,24,25,26);6H,1H2. The Morgan fingerprint density at radius 1 is 1.17 bits per heavy atom. The molecule has 0 aliphatic carbocycles. The maximum atomic E-state index is 10.5. The molecule has 4 rings (SSSR count). The van der Waals surface area contributed by atoms with E-state index in [4.69, 9.17) is 20.2 Å². The van der Waals surface area contributed by atoms with Gasteiger partial charge in [-0.25, -0.2) is 15.0 Å². The number of aryl methyl sites for hydroxylation is 3. The average Bonchev–Trinajstić information content (AvgIpc) is 3.22. The number of rotatable bonds is 6. The molecule has 1 fully saturated rings. The summed E-state index contributed by atoms with van der Waals surface area (Å²) in [5.41, 5.74) is 3.73. The lowest BCUT2D eigenvalue weighted by Gasteiger charge is -2.35. The summed E-state index contributed by atoms with van der Waals surface area (Å²) in [4.78, 5) is 23.1. The van der Waals surface area contributed by atoms with E-state index in [1.807, 2.05) is 17.7 Å². The van der Waals surface area contributed by atoms with Crippen LogP contribution in [0, 0.1) is 6.92 Å². The first-order chi connectivity index (χ1) is 17.1. The number of halogens is 3. The zero-order valence-corrected chi connectivity index (χ0v) is 21.3. The van der Waals surface area contributed by atoms with Crippen molar-refractivity contribution >= 4 is 28.6 Å². The Morgan fingerprint density at radius 3 is 2.39 bits per heavy atom. The Balaban J connectivity index is 0.000000538. The zero-order valence-electron chi connectivity index (χ0n) is 21.3. The summed E-state index contributed by atoms with van der Waals surface area (Å²) < 4.78 is 33.6. The van der Waals surface area contributed by atoms with E-state index in [0.717, 1.165) is 78.9 Å². The van der Waals surface area contributed by atoms with Crippen LogP contribution in [-0.2, 0) is 13.0 Å². The van der Waals surface area contributed by atoms with Gasteiger partial charge >= 0.3 is 6.18 Å². The summed E-state index contributed by atoms with van der Waals surface area (Å²) in [5.74, 6) is 2.19. The highest BCUT2D eigenvalue weighted by molar-refractivity contribution is 5.90. The third kappa shape index (κ3) is 6.78.